The molecule has 2 heteroatoms. The summed E-state index contributed by atoms with van der Waals surface area (Å²) in [6.07, 6.45) is 3.40. The molecular formula is C17H29NO. The third-order valence-corrected chi connectivity index (χ3v) is 3.66. The number of rotatable bonds is 9. The summed E-state index contributed by atoms with van der Waals surface area (Å²) in [5.41, 5.74) is 2.77. The van der Waals surface area contributed by atoms with Gasteiger partial charge in [-0.3, -0.25) is 0 Å². The van der Waals surface area contributed by atoms with Crippen LogP contribution in [0.1, 0.15) is 37.8 Å². The minimum absolute atomic E-state index is 0.539. The Kier molecular flexibility index (Phi) is 7.76. The molecule has 1 aromatic carbocycles. The lowest BCUT2D eigenvalue weighted by Crippen LogP contribution is -2.37. The van der Waals surface area contributed by atoms with Crippen molar-refractivity contribution in [3.8, 4) is 0 Å². The van der Waals surface area contributed by atoms with Gasteiger partial charge in [0.05, 0.1) is 0 Å². The van der Waals surface area contributed by atoms with E-state index in [0.29, 0.717) is 12.0 Å². The van der Waals surface area contributed by atoms with Gasteiger partial charge in [-0.15, -0.1) is 0 Å². The van der Waals surface area contributed by atoms with Gasteiger partial charge in [0.25, 0.3) is 0 Å². The molecule has 0 saturated heterocycles. The molecular weight excluding hydrogens is 234 g/mol. The molecule has 0 bridgehead atoms. The van der Waals surface area contributed by atoms with Gasteiger partial charge in [0.2, 0.25) is 0 Å². The van der Waals surface area contributed by atoms with E-state index in [1.807, 2.05) is 0 Å². The Balaban J connectivity index is 2.62. The maximum absolute atomic E-state index is 5.21. The van der Waals surface area contributed by atoms with E-state index in [1.54, 1.807) is 7.11 Å². The van der Waals surface area contributed by atoms with Gasteiger partial charge in [-0.25, -0.2) is 0 Å². The molecule has 0 saturated carbocycles. The highest BCUT2D eigenvalue weighted by molar-refractivity contribution is 5.23. The van der Waals surface area contributed by atoms with Gasteiger partial charge >= 0.3 is 0 Å². The van der Waals surface area contributed by atoms with Crippen molar-refractivity contribution in [1.29, 1.82) is 0 Å². The average molecular weight is 263 g/mol. The molecule has 1 rings (SSSR count). The van der Waals surface area contributed by atoms with E-state index in [9.17, 15) is 0 Å². The Morgan fingerprint density at radius 1 is 1.32 bits per heavy atom. The normalized spacial score (nSPS) is 14.3. The fourth-order valence-electron chi connectivity index (χ4n) is 2.40. The maximum Gasteiger partial charge on any atom is 0.0465 e. The third-order valence-electron chi connectivity index (χ3n) is 3.66. The van der Waals surface area contributed by atoms with Crippen LogP contribution >= 0.6 is 0 Å². The molecule has 0 aromatic heterocycles. The molecule has 2 nitrogen and oxygen atoms in total. The smallest absolute Gasteiger partial charge is 0.0465 e. The zero-order valence-electron chi connectivity index (χ0n) is 12.9. The van der Waals surface area contributed by atoms with Crippen LogP contribution in [0.25, 0.3) is 0 Å². The lowest BCUT2D eigenvalue weighted by molar-refractivity contribution is 0.170. The molecule has 0 fully saturated rings. The molecule has 2 unspecified atom stereocenters. The molecule has 0 aliphatic heterocycles. The van der Waals surface area contributed by atoms with E-state index in [1.165, 1.54) is 17.5 Å². The molecule has 0 radical (unpaired) electrons. The zero-order valence-corrected chi connectivity index (χ0v) is 12.9. The van der Waals surface area contributed by atoms with Gasteiger partial charge in [-0.1, -0.05) is 43.7 Å². The fraction of sp³-hybridized carbons (Fsp3) is 0.647. The fourth-order valence-corrected chi connectivity index (χ4v) is 2.40. The zero-order chi connectivity index (χ0) is 14.1. The Morgan fingerprint density at radius 3 is 2.74 bits per heavy atom. The van der Waals surface area contributed by atoms with Crippen molar-refractivity contribution in [3.05, 3.63) is 35.4 Å². The second-order valence-electron chi connectivity index (χ2n) is 5.51. The Hall–Kier alpha value is -0.860. The lowest BCUT2D eigenvalue weighted by Gasteiger charge is -2.25. The highest BCUT2D eigenvalue weighted by Gasteiger charge is 2.16. The molecule has 0 aliphatic carbocycles. The summed E-state index contributed by atoms with van der Waals surface area (Å²) in [4.78, 5) is 0. The third kappa shape index (κ3) is 6.22. The van der Waals surface area contributed by atoms with E-state index in [0.717, 1.165) is 26.0 Å². The Morgan fingerprint density at radius 2 is 2.11 bits per heavy atom. The van der Waals surface area contributed by atoms with Gasteiger partial charge in [-0.2, -0.15) is 0 Å². The molecule has 2 atom stereocenters. The van der Waals surface area contributed by atoms with Crippen molar-refractivity contribution >= 4 is 0 Å². The molecule has 19 heavy (non-hydrogen) atoms. The number of nitrogens with one attached hydrogen (secondary N) is 1. The second kappa shape index (κ2) is 9.11. The van der Waals surface area contributed by atoms with Crippen molar-refractivity contribution in [2.45, 2.75) is 46.1 Å². The first-order valence-electron chi connectivity index (χ1n) is 7.45. The summed E-state index contributed by atoms with van der Waals surface area (Å²) < 4.78 is 5.21. The summed E-state index contributed by atoms with van der Waals surface area (Å²) in [6.45, 7) is 8.64. The highest BCUT2D eigenvalue weighted by Crippen LogP contribution is 2.15. The summed E-state index contributed by atoms with van der Waals surface area (Å²) >= 11 is 0. The van der Waals surface area contributed by atoms with E-state index in [4.69, 9.17) is 4.74 Å². The highest BCUT2D eigenvalue weighted by atomic mass is 16.5. The molecule has 0 spiro atoms. The molecule has 1 aromatic rings. The molecule has 0 amide bonds. The van der Waals surface area contributed by atoms with Crippen LogP contribution < -0.4 is 5.32 Å². The van der Waals surface area contributed by atoms with Crippen LogP contribution in [0.3, 0.4) is 0 Å². The number of methoxy groups -OCH3 is 1. The van der Waals surface area contributed by atoms with Crippen molar-refractivity contribution < 1.29 is 4.74 Å². The maximum atomic E-state index is 5.21. The van der Waals surface area contributed by atoms with Crippen molar-refractivity contribution in [2.24, 2.45) is 5.92 Å². The Labute approximate surface area is 118 Å². The molecule has 0 aliphatic rings. The van der Waals surface area contributed by atoms with Gasteiger partial charge in [-0.05, 0) is 44.2 Å². The summed E-state index contributed by atoms with van der Waals surface area (Å²) in [7, 11) is 1.78. The monoisotopic (exact) mass is 263 g/mol. The molecule has 108 valence electrons. The van der Waals surface area contributed by atoms with E-state index >= 15 is 0 Å². The summed E-state index contributed by atoms with van der Waals surface area (Å²) in [5.74, 6) is 0.631. The van der Waals surface area contributed by atoms with E-state index < -0.39 is 0 Å². The van der Waals surface area contributed by atoms with Gasteiger partial charge in [0, 0.05) is 19.8 Å². The van der Waals surface area contributed by atoms with E-state index in [2.05, 4.69) is 50.4 Å². The quantitative estimate of drug-likeness (QED) is 0.735. The van der Waals surface area contributed by atoms with Crippen molar-refractivity contribution in [2.75, 3.05) is 20.3 Å². The first-order valence-corrected chi connectivity index (χ1v) is 7.45. The SMILES string of the molecule is CCCNC(Cc1cccc(C)c1)C(C)CCOC. The van der Waals surface area contributed by atoms with Gasteiger partial charge in [0.15, 0.2) is 0 Å². The average Bonchev–Trinajstić information content (AvgIpc) is 2.40. The predicted molar refractivity (Wildman–Crippen MR) is 82.6 cm³/mol. The van der Waals surface area contributed by atoms with E-state index in [-0.39, 0.29) is 0 Å². The van der Waals surface area contributed by atoms with Crippen molar-refractivity contribution in [3.63, 3.8) is 0 Å². The minimum Gasteiger partial charge on any atom is -0.385 e. The lowest BCUT2D eigenvalue weighted by atomic mass is 9.92. The number of aryl methyl sites for hydroxylation is 1. The van der Waals surface area contributed by atoms with Crippen LogP contribution in [-0.2, 0) is 11.2 Å². The topological polar surface area (TPSA) is 21.3 Å². The van der Waals surface area contributed by atoms with Crippen LogP contribution in [0.4, 0.5) is 0 Å². The summed E-state index contributed by atoms with van der Waals surface area (Å²) in [6, 6.07) is 9.38. The first-order chi connectivity index (χ1) is 9.17. The number of ether oxygens (including phenoxy) is 1. The first kappa shape index (κ1) is 16.2. The van der Waals surface area contributed by atoms with Crippen LogP contribution in [0.5, 0.6) is 0 Å². The van der Waals surface area contributed by atoms with Gasteiger partial charge in [0.1, 0.15) is 0 Å². The number of hydrogen-bond donors (Lipinski definition) is 1. The minimum atomic E-state index is 0.539. The van der Waals surface area contributed by atoms with Crippen LogP contribution in [-0.4, -0.2) is 26.3 Å². The second-order valence-corrected chi connectivity index (χ2v) is 5.51. The predicted octanol–water partition coefficient (Wildman–Crippen LogP) is 3.58. The van der Waals surface area contributed by atoms with Crippen LogP contribution in [0.2, 0.25) is 0 Å². The van der Waals surface area contributed by atoms with Crippen molar-refractivity contribution in [1.82, 2.24) is 5.32 Å². The number of hydrogen-bond acceptors (Lipinski definition) is 2. The van der Waals surface area contributed by atoms with Gasteiger partial charge < -0.3 is 10.1 Å². The Bertz CT molecular complexity index is 351. The molecule has 1 N–H and O–H groups in total. The van der Waals surface area contributed by atoms with Crippen LogP contribution in [0, 0.1) is 12.8 Å². The summed E-state index contributed by atoms with van der Waals surface area (Å²) in [5, 5.41) is 3.69. The largest absolute Gasteiger partial charge is 0.385 e. The van der Waals surface area contributed by atoms with Crippen LogP contribution in [0.15, 0.2) is 24.3 Å². The molecule has 0 heterocycles. The standard InChI is InChI=1S/C17H29NO/c1-5-10-18-17(15(3)9-11-19-4)13-16-8-6-7-14(2)12-16/h6-8,12,15,17-18H,5,9-11,13H2,1-4H3. The number of benzene rings is 1.